The minimum atomic E-state index is -0.0498. The van der Waals surface area contributed by atoms with Crippen molar-refractivity contribution < 1.29 is 9.90 Å². The van der Waals surface area contributed by atoms with E-state index >= 15 is 0 Å². The summed E-state index contributed by atoms with van der Waals surface area (Å²) >= 11 is 0. The molecule has 1 aromatic heterocycles. The Kier molecular flexibility index (Phi) is 5.33. The minimum absolute atomic E-state index is 0.00422. The van der Waals surface area contributed by atoms with Crippen LogP contribution in [0.1, 0.15) is 28.2 Å². The first-order chi connectivity index (χ1) is 10.5. The molecule has 1 aromatic carbocycles. The molecule has 0 spiro atoms. The highest BCUT2D eigenvalue weighted by Crippen LogP contribution is 2.12. The molecular formula is C17H23N3O2. The molecule has 0 fully saturated rings. The number of nitrogens with zero attached hydrogens (tertiary/aromatic N) is 2. The summed E-state index contributed by atoms with van der Waals surface area (Å²) in [5.74, 6) is 0.824. The van der Waals surface area contributed by atoms with E-state index in [4.69, 9.17) is 0 Å². The summed E-state index contributed by atoms with van der Waals surface area (Å²) in [6, 6.07) is 6.06. The van der Waals surface area contributed by atoms with Crippen LogP contribution in [0.3, 0.4) is 0 Å². The van der Waals surface area contributed by atoms with E-state index in [0.29, 0.717) is 19.5 Å². The van der Waals surface area contributed by atoms with Crippen LogP contribution in [0.2, 0.25) is 0 Å². The topological polar surface area (TPSA) is 69.2 Å². The fraction of sp³-hybridized carbons (Fsp3) is 0.412. The largest absolute Gasteiger partial charge is 0.395 e. The van der Waals surface area contributed by atoms with Crippen molar-refractivity contribution in [2.75, 3.05) is 13.2 Å². The Bertz CT molecular complexity index is 649. The lowest BCUT2D eigenvalue weighted by molar-refractivity contribution is -0.131. The molecular weight excluding hydrogens is 278 g/mol. The Morgan fingerprint density at radius 1 is 1.27 bits per heavy atom. The Balaban J connectivity index is 2.06. The molecule has 1 amide bonds. The van der Waals surface area contributed by atoms with Crippen LogP contribution in [0.5, 0.6) is 0 Å². The molecule has 0 aliphatic carbocycles. The smallest absolute Gasteiger partial charge is 0.227 e. The van der Waals surface area contributed by atoms with E-state index in [1.165, 1.54) is 11.1 Å². The van der Waals surface area contributed by atoms with Gasteiger partial charge in [0.15, 0.2) is 0 Å². The molecule has 118 valence electrons. The van der Waals surface area contributed by atoms with Crippen molar-refractivity contribution in [3.05, 3.63) is 52.6 Å². The van der Waals surface area contributed by atoms with Crippen molar-refractivity contribution in [1.29, 1.82) is 0 Å². The average Bonchev–Trinajstić information content (AvgIpc) is 2.88. The SMILES string of the molecule is Cc1ncc(CN(CCO)C(=O)Cc2ccc(C)c(C)c2)[nH]1. The summed E-state index contributed by atoms with van der Waals surface area (Å²) in [5.41, 5.74) is 4.27. The summed E-state index contributed by atoms with van der Waals surface area (Å²) in [7, 11) is 0. The van der Waals surface area contributed by atoms with Gasteiger partial charge in [-0.05, 0) is 37.5 Å². The van der Waals surface area contributed by atoms with Crippen molar-refractivity contribution in [3.8, 4) is 0 Å². The first-order valence-corrected chi connectivity index (χ1v) is 7.45. The lowest BCUT2D eigenvalue weighted by Crippen LogP contribution is -2.34. The van der Waals surface area contributed by atoms with Gasteiger partial charge in [-0.2, -0.15) is 0 Å². The first-order valence-electron chi connectivity index (χ1n) is 7.45. The van der Waals surface area contributed by atoms with E-state index in [2.05, 4.69) is 16.9 Å². The zero-order valence-corrected chi connectivity index (χ0v) is 13.4. The van der Waals surface area contributed by atoms with Crippen LogP contribution >= 0.6 is 0 Å². The fourth-order valence-electron chi connectivity index (χ4n) is 2.37. The fourth-order valence-corrected chi connectivity index (χ4v) is 2.37. The molecule has 0 aliphatic rings. The average molecular weight is 301 g/mol. The number of rotatable bonds is 6. The number of carbonyl (C=O) groups excluding carboxylic acids is 1. The number of aromatic nitrogens is 2. The summed E-state index contributed by atoms with van der Waals surface area (Å²) < 4.78 is 0. The van der Waals surface area contributed by atoms with Gasteiger partial charge in [-0.15, -0.1) is 0 Å². The highest BCUT2D eigenvalue weighted by molar-refractivity contribution is 5.78. The van der Waals surface area contributed by atoms with Gasteiger partial charge >= 0.3 is 0 Å². The molecule has 2 N–H and O–H groups in total. The molecule has 0 unspecified atom stereocenters. The number of aromatic amines is 1. The van der Waals surface area contributed by atoms with Crippen LogP contribution in [-0.2, 0) is 17.8 Å². The monoisotopic (exact) mass is 301 g/mol. The molecule has 22 heavy (non-hydrogen) atoms. The van der Waals surface area contributed by atoms with Crippen molar-refractivity contribution in [3.63, 3.8) is 0 Å². The number of hydrogen-bond acceptors (Lipinski definition) is 3. The molecule has 0 bridgehead atoms. The van der Waals surface area contributed by atoms with Gasteiger partial charge in [0.25, 0.3) is 0 Å². The molecule has 0 saturated heterocycles. The second kappa shape index (κ2) is 7.22. The standard InChI is InChI=1S/C17H23N3O2/c1-12-4-5-15(8-13(12)2)9-17(22)20(6-7-21)11-16-10-18-14(3)19-16/h4-5,8,10,21H,6-7,9,11H2,1-3H3,(H,18,19). The highest BCUT2D eigenvalue weighted by atomic mass is 16.3. The molecule has 5 nitrogen and oxygen atoms in total. The summed E-state index contributed by atoms with van der Waals surface area (Å²) in [4.78, 5) is 21.4. The van der Waals surface area contributed by atoms with E-state index in [1.54, 1.807) is 11.1 Å². The van der Waals surface area contributed by atoms with Crippen molar-refractivity contribution in [2.45, 2.75) is 33.7 Å². The molecule has 5 heteroatoms. The molecule has 1 heterocycles. The second-order valence-corrected chi connectivity index (χ2v) is 5.63. The molecule has 0 saturated carbocycles. The number of H-pyrrole nitrogens is 1. The quantitative estimate of drug-likeness (QED) is 0.856. The summed E-state index contributed by atoms with van der Waals surface area (Å²) in [5, 5.41) is 9.20. The number of aliphatic hydroxyl groups excluding tert-OH is 1. The predicted octanol–water partition coefficient (Wildman–Crippen LogP) is 1.90. The van der Waals surface area contributed by atoms with E-state index < -0.39 is 0 Å². The third-order valence-electron chi connectivity index (χ3n) is 3.77. The number of amides is 1. The number of hydrogen-bond donors (Lipinski definition) is 2. The normalized spacial score (nSPS) is 10.7. The van der Waals surface area contributed by atoms with Crippen LogP contribution < -0.4 is 0 Å². The van der Waals surface area contributed by atoms with Crippen LogP contribution in [0.4, 0.5) is 0 Å². The third-order valence-corrected chi connectivity index (χ3v) is 3.77. The van der Waals surface area contributed by atoms with Gasteiger partial charge in [-0.1, -0.05) is 18.2 Å². The highest BCUT2D eigenvalue weighted by Gasteiger charge is 2.15. The van der Waals surface area contributed by atoms with Gasteiger partial charge in [0, 0.05) is 6.54 Å². The number of benzene rings is 1. The molecule has 0 aliphatic heterocycles. The van der Waals surface area contributed by atoms with Crippen LogP contribution in [0, 0.1) is 20.8 Å². The number of nitrogens with one attached hydrogen (secondary N) is 1. The Morgan fingerprint density at radius 3 is 2.64 bits per heavy atom. The Labute approximate surface area is 131 Å². The number of imidazole rings is 1. The molecule has 2 aromatic rings. The van der Waals surface area contributed by atoms with Gasteiger partial charge in [0.05, 0.1) is 31.5 Å². The van der Waals surface area contributed by atoms with Crippen LogP contribution in [0.25, 0.3) is 0 Å². The summed E-state index contributed by atoms with van der Waals surface area (Å²) in [6.45, 7) is 6.68. The first kappa shape index (κ1) is 16.2. The predicted molar refractivity (Wildman–Crippen MR) is 85.4 cm³/mol. The van der Waals surface area contributed by atoms with Gasteiger partial charge in [-0.3, -0.25) is 4.79 Å². The van der Waals surface area contributed by atoms with Gasteiger partial charge < -0.3 is 15.0 Å². The lowest BCUT2D eigenvalue weighted by Gasteiger charge is -2.21. The Morgan fingerprint density at radius 2 is 2.05 bits per heavy atom. The van der Waals surface area contributed by atoms with Crippen molar-refractivity contribution in [1.82, 2.24) is 14.9 Å². The van der Waals surface area contributed by atoms with E-state index in [0.717, 1.165) is 17.1 Å². The molecule has 2 rings (SSSR count). The van der Waals surface area contributed by atoms with Crippen LogP contribution in [0.15, 0.2) is 24.4 Å². The third kappa shape index (κ3) is 4.18. The zero-order valence-electron chi connectivity index (χ0n) is 13.4. The van der Waals surface area contributed by atoms with E-state index in [1.807, 2.05) is 32.0 Å². The maximum atomic E-state index is 12.5. The number of carbonyl (C=O) groups is 1. The lowest BCUT2D eigenvalue weighted by atomic mass is 10.0. The minimum Gasteiger partial charge on any atom is -0.395 e. The van der Waals surface area contributed by atoms with Crippen LogP contribution in [-0.4, -0.2) is 39.0 Å². The number of aliphatic hydroxyl groups is 1. The van der Waals surface area contributed by atoms with E-state index in [-0.39, 0.29) is 12.5 Å². The van der Waals surface area contributed by atoms with Gasteiger partial charge in [-0.25, -0.2) is 4.98 Å². The number of aryl methyl sites for hydroxylation is 3. The molecule has 0 atom stereocenters. The van der Waals surface area contributed by atoms with Gasteiger partial charge in [0.1, 0.15) is 5.82 Å². The Hall–Kier alpha value is -2.14. The van der Waals surface area contributed by atoms with Gasteiger partial charge in [0.2, 0.25) is 5.91 Å². The maximum absolute atomic E-state index is 12.5. The van der Waals surface area contributed by atoms with Crippen molar-refractivity contribution >= 4 is 5.91 Å². The second-order valence-electron chi connectivity index (χ2n) is 5.63. The van der Waals surface area contributed by atoms with Crippen molar-refractivity contribution in [2.24, 2.45) is 0 Å². The summed E-state index contributed by atoms with van der Waals surface area (Å²) in [6.07, 6.45) is 2.07. The zero-order chi connectivity index (χ0) is 16.1. The maximum Gasteiger partial charge on any atom is 0.227 e. The van der Waals surface area contributed by atoms with E-state index in [9.17, 15) is 9.90 Å². The molecule has 0 radical (unpaired) electrons.